The highest BCUT2D eigenvalue weighted by molar-refractivity contribution is 5.79. The van der Waals surface area contributed by atoms with E-state index in [1.165, 1.54) is 12.1 Å². The van der Waals surface area contributed by atoms with Crippen molar-refractivity contribution in [1.29, 1.82) is 0 Å². The molecule has 1 rings (SSSR count). The van der Waals surface area contributed by atoms with Crippen LogP contribution >= 0.6 is 0 Å². The summed E-state index contributed by atoms with van der Waals surface area (Å²) in [6, 6.07) is 3.90. The number of esters is 1. The van der Waals surface area contributed by atoms with Crippen LogP contribution in [0.4, 0.5) is 17.6 Å². The van der Waals surface area contributed by atoms with Gasteiger partial charge >= 0.3 is 12.1 Å². The van der Waals surface area contributed by atoms with Crippen molar-refractivity contribution in [3.8, 4) is 5.75 Å². The fourth-order valence-electron chi connectivity index (χ4n) is 2.20. The molecule has 0 aliphatic carbocycles. The number of hydrogen-bond donors (Lipinski definition) is 0. The minimum Gasteiger partial charge on any atom is -0.491 e. The van der Waals surface area contributed by atoms with Crippen LogP contribution in [0.5, 0.6) is 5.75 Å². The Kier molecular flexibility index (Phi) is 6.02. The molecule has 1 atom stereocenters. The molecule has 0 aliphatic heterocycles. The molecule has 130 valence electrons. The van der Waals surface area contributed by atoms with E-state index in [-0.39, 0.29) is 17.9 Å². The topological polar surface area (TPSA) is 35.5 Å². The van der Waals surface area contributed by atoms with Gasteiger partial charge in [-0.25, -0.2) is 4.39 Å². The van der Waals surface area contributed by atoms with Gasteiger partial charge in [-0.05, 0) is 30.0 Å². The molecule has 0 bridgehead atoms. The minimum atomic E-state index is -4.61. The summed E-state index contributed by atoms with van der Waals surface area (Å²) in [7, 11) is 0. The van der Waals surface area contributed by atoms with Crippen molar-refractivity contribution in [2.45, 2.75) is 39.8 Å². The lowest BCUT2D eigenvalue weighted by atomic mass is 9.76. The second-order valence-corrected chi connectivity index (χ2v) is 6.14. The molecule has 0 heterocycles. The van der Waals surface area contributed by atoms with Crippen molar-refractivity contribution < 1.29 is 31.8 Å². The molecule has 1 aromatic carbocycles. The molecule has 0 aliphatic rings. The van der Waals surface area contributed by atoms with Gasteiger partial charge in [-0.1, -0.05) is 26.8 Å². The Hall–Kier alpha value is -1.79. The molecule has 1 aromatic rings. The second kappa shape index (κ2) is 7.19. The van der Waals surface area contributed by atoms with E-state index in [9.17, 15) is 22.4 Å². The number of benzene rings is 1. The van der Waals surface area contributed by atoms with Crippen LogP contribution in [0.2, 0.25) is 0 Å². The van der Waals surface area contributed by atoms with Gasteiger partial charge in [0.15, 0.2) is 18.2 Å². The van der Waals surface area contributed by atoms with Crippen molar-refractivity contribution in [3.63, 3.8) is 0 Å². The third-order valence-corrected chi connectivity index (χ3v) is 3.07. The largest absolute Gasteiger partial charge is 0.491 e. The van der Waals surface area contributed by atoms with Gasteiger partial charge in [-0.3, -0.25) is 4.79 Å². The quantitative estimate of drug-likeness (QED) is 0.588. The minimum absolute atomic E-state index is 0.0209. The van der Waals surface area contributed by atoms with Gasteiger partial charge in [0, 0.05) is 0 Å². The van der Waals surface area contributed by atoms with E-state index in [0.29, 0.717) is 0 Å². The fourth-order valence-corrected chi connectivity index (χ4v) is 2.20. The molecule has 0 radical (unpaired) electrons. The Balaban J connectivity index is 3.08. The number of alkyl halides is 3. The van der Waals surface area contributed by atoms with E-state index >= 15 is 0 Å². The summed E-state index contributed by atoms with van der Waals surface area (Å²) < 4.78 is 60.1. The molecule has 0 fully saturated rings. The summed E-state index contributed by atoms with van der Waals surface area (Å²) in [5.41, 5.74) is -0.506. The average Bonchev–Trinajstić information content (AvgIpc) is 2.37. The normalized spacial score (nSPS) is 13.6. The van der Waals surface area contributed by atoms with Crippen molar-refractivity contribution >= 4 is 5.97 Å². The van der Waals surface area contributed by atoms with E-state index in [2.05, 4.69) is 4.74 Å². The lowest BCUT2D eigenvalue weighted by molar-refractivity contribution is -0.189. The molecule has 0 aromatic heterocycles. The number of carbonyl (C=O) groups is 1. The molecule has 3 nitrogen and oxygen atoms in total. The molecule has 0 saturated heterocycles. The van der Waals surface area contributed by atoms with Crippen molar-refractivity contribution in [2.75, 3.05) is 13.2 Å². The SMILES string of the molecule is CCOc1ccc(C(C(=O)OCC(F)(F)F)C(C)(C)C)cc1F. The van der Waals surface area contributed by atoms with E-state index in [1.807, 2.05) is 0 Å². The highest BCUT2D eigenvalue weighted by atomic mass is 19.4. The molecule has 7 heteroatoms. The summed E-state index contributed by atoms with van der Waals surface area (Å²) in [5, 5.41) is 0. The molecular weight excluding hydrogens is 316 g/mol. The van der Waals surface area contributed by atoms with Crippen LogP contribution < -0.4 is 4.74 Å². The number of ether oxygens (including phenoxy) is 2. The standard InChI is InChI=1S/C16H20F4O3/c1-5-22-12-7-6-10(8-11(12)17)13(15(2,3)4)14(21)23-9-16(18,19)20/h6-8,13H,5,9H2,1-4H3. The first kappa shape index (κ1) is 19.3. The Labute approximate surface area is 132 Å². The lowest BCUT2D eigenvalue weighted by Gasteiger charge is -2.29. The monoisotopic (exact) mass is 336 g/mol. The van der Waals surface area contributed by atoms with E-state index in [0.717, 1.165) is 6.07 Å². The van der Waals surface area contributed by atoms with Gasteiger partial charge in [0.25, 0.3) is 0 Å². The summed E-state index contributed by atoms with van der Waals surface area (Å²) in [4.78, 5) is 12.1. The van der Waals surface area contributed by atoms with Crippen molar-refractivity contribution in [2.24, 2.45) is 5.41 Å². The van der Waals surface area contributed by atoms with Crippen LogP contribution in [0.15, 0.2) is 18.2 Å². The number of rotatable bonds is 5. The van der Waals surface area contributed by atoms with Gasteiger partial charge in [0.1, 0.15) is 0 Å². The van der Waals surface area contributed by atoms with E-state index in [4.69, 9.17) is 4.74 Å². The zero-order chi connectivity index (χ0) is 17.8. The van der Waals surface area contributed by atoms with Gasteiger partial charge in [-0.15, -0.1) is 0 Å². The first-order valence-corrected chi connectivity index (χ1v) is 7.11. The maximum atomic E-state index is 14.0. The van der Waals surface area contributed by atoms with Crippen molar-refractivity contribution in [3.05, 3.63) is 29.6 Å². The third-order valence-electron chi connectivity index (χ3n) is 3.07. The van der Waals surface area contributed by atoms with E-state index in [1.54, 1.807) is 27.7 Å². The number of carbonyl (C=O) groups excluding carboxylic acids is 1. The predicted molar refractivity (Wildman–Crippen MR) is 76.8 cm³/mol. The average molecular weight is 336 g/mol. The Morgan fingerprint density at radius 1 is 1.22 bits per heavy atom. The zero-order valence-corrected chi connectivity index (χ0v) is 13.5. The van der Waals surface area contributed by atoms with Crippen LogP contribution in [0.1, 0.15) is 39.2 Å². The third kappa shape index (κ3) is 5.73. The Morgan fingerprint density at radius 3 is 2.26 bits per heavy atom. The van der Waals surface area contributed by atoms with Crippen molar-refractivity contribution in [1.82, 2.24) is 0 Å². The van der Waals surface area contributed by atoms with Gasteiger partial charge in [0.2, 0.25) is 0 Å². The number of halogens is 4. The highest BCUT2D eigenvalue weighted by Crippen LogP contribution is 2.37. The fraction of sp³-hybridized carbons (Fsp3) is 0.562. The summed E-state index contributed by atoms with van der Waals surface area (Å²) >= 11 is 0. The molecule has 23 heavy (non-hydrogen) atoms. The molecule has 0 spiro atoms. The van der Waals surface area contributed by atoms with Gasteiger partial charge in [-0.2, -0.15) is 13.2 Å². The molecule has 0 amide bonds. The van der Waals surface area contributed by atoms with Gasteiger partial charge < -0.3 is 9.47 Å². The molecule has 1 unspecified atom stereocenters. The second-order valence-electron chi connectivity index (χ2n) is 6.14. The smallest absolute Gasteiger partial charge is 0.422 e. The van der Waals surface area contributed by atoms with Crippen LogP contribution in [0.3, 0.4) is 0 Å². The number of hydrogen-bond acceptors (Lipinski definition) is 3. The maximum Gasteiger partial charge on any atom is 0.422 e. The summed E-state index contributed by atoms with van der Waals surface area (Å²) in [6.07, 6.45) is -4.61. The first-order valence-electron chi connectivity index (χ1n) is 7.11. The van der Waals surface area contributed by atoms with Crippen LogP contribution in [-0.4, -0.2) is 25.4 Å². The van der Waals surface area contributed by atoms with E-state index < -0.39 is 35.9 Å². The first-order chi connectivity index (χ1) is 10.5. The Morgan fingerprint density at radius 2 is 1.83 bits per heavy atom. The van der Waals surface area contributed by atoms with Gasteiger partial charge in [0.05, 0.1) is 12.5 Å². The van der Waals surface area contributed by atoms with Crippen LogP contribution in [0.25, 0.3) is 0 Å². The lowest BCUT2D eigenvalue weighted by Crippen LogP contribution is -2.31. The van der Waals surface area contributed by atoms with Crippen LogP contribution in [0, 0.1) is 11.2 Å². The molecular formula is C16H20F4O3. The molecule has 0 N–H and O–H groups in total. The molecule has 0 saturated carbocycles. The predicted octanol–water partition coefficient (Wildman–Crippen LogP) is 4.46. The summed E-state index contributed by atoms with van der Waals surface area (Å²) in [6.45, 7) is 5.30. The summed E-state index contributed by atoms with van der Waals surface area (Å²) in [5.74, 6) is -2.73. The Bertz CT molecular complexity index is 547. The zero-order valence-electron chi connectivity index (χ0n) is 13.5. The maximum absolute atomic E-state index is 14.0. The highest BCUT2D eigenvalue weighted by Gasteiger charge is 2.37. The van der Waals surface area contributed by atoms with Crippen LogP contribution in [-0.2, 0) is 9.53 Å².